The van der Waals surface area contributed by atoms with Crippen LogP contribution in [0.15, 0.2) is 35.1 Å². The molecule has 2 aromatic heterocycles. The van der Waals surface area contributed by atoms with Gasteiger partial charge >= 0.3 is 0 Å². The van der Waals surface area contributed by atoms with Gasteiger partial charge < -0.3 is 15.5 Å². The van der Waals surface area contributed by atoms with E-state index in [9.17, 15) is 4.79 Å². The Hall–Kier alpha value is -2.37. The lowest BCUT2D eigenvalue weighted by Crippen LogP contribution is -2.14. The number of carbonyl (C=O) groups excluding carboxylic acids is 1. The van der Waals surface area contributed by atoms with Gasteiger partial charge in [0.05, 0.1) is 12.5 Å². The Labute approximate surface area is 91.5 Å². The van der Waals surface area contributed by atoms with Crippen molar-refractivity contribution in [1.82, 2.24) is 10.2 Å². The molecule has 0 aliphatic heterocycles. The van der Waals surface area contributed by atoms with Crippen LogP contribution in [0.1, 0.15) is 16.1 Å². The fourth-order valence-corrected chi connectivity index (χ4v) is 1.14. The minimum absolute atomic E-state index is 0.147. The molecule has 0 aliphatic rings. The highest BCUT2D eigenvalue weighted by molar-refractivity contribution is 5.90. The molecule has 2 aromatic rings. The van der Waals surface area contributed by atoms with E-state index >= 15 is 0 Å². The first-order valence-corrected chi connectivity index (χ1v) is 4.64. The molecule has 0 aliphatic carbocycles. The van der Waals surface area contributed by atoms with Crippen molar-refractivity contribution in [3.63, 3.8) is 0 Å². The van der Waals surface area contributed by atoms with Crippen molar-refractivity contribution in [2.75, 3.05) is 5.32 Å². The summed E-state index contributed by atoms with van der Waals surface area (Å²) in [6.45, 7) is 0.584. The Morgan fingerprint density at radius 2 is 2.25 bits per heavy atom. The van der Waals surface area contributed by atoms with Crippen LogP contribution < -0.4 is 11.1 Å². The van der Waals surface area contributed by atoms with Crippen molar-refractivity contribution in [2.24, 2.45) is 5.73 Å². The van der Waals surface area contributed by atoms with E-state index in [4.69, 9.17) is 10.2 Å². The minimum Gasteiger partial charge on any atom is -0.472 e. The highest BCUT2D eigenvalue weighted by Gasteiger charge is 2.02. The zero-order valence-electron chi connectivity index (χ0n) is 8.38. The van der Waals surface area contributed by atoms with Crippen LogP contribution in [0.2, 0.25) is 0 Å². The lowest BCUT2D eigenvalue weighted by atomic mass is 10.3. The summed E-state index contributed by atoms with van der Waals surface area (Å²) in [4.78, 5) is 10.7. The topological polar surface area (TPSA) is 94.0 Å². The Morgan fingerprint density at radius 1 is 1.38 bits per heavy atom. The molecule has 0 spiro atoms. The zero-order chi connectivity index (χ0) is 11.4. The van der Waals surface area contributed by atoms with Gasteiger partial charge in [0, 0.05) is 12.1 Å². The number of hydrogen-bond donors (Lipinski definition) is 2. The summed E-state index contributed by atoms with van der Waals surface area (Å²) in [7, 11) is 0. The molecule has 1 amide bonds. The van der Waals surface area contributed by atoms with E-state index in [-0.39, 0.29) is 5.69 Å². The van der Waals surface area contributed by atoms with Crippen LogP contribution in [0.5, 0.6) is 0 Å². The molecule has 0 unspecified atom stereocenters. The van der Waals surface area contributed by atoms with Crippen LogP contribution in [-0.4, -0.2) is 16.1 Å². The molecule has 0 radical (unpaired) electrons. The Morgan fingerprint density at radius 3 is 2.81 bits per heavy atom. The first kappa shape index (κ1) is 10.2. The molecular formula is C10H10N4O2. The van der Waals surface area contributed by atoms with Gasteiger partial charge in [-0.15, -0.1) is 10.2 Å². The Bertz CT molecular complexity index is 464. The standard InChI is InChI=1S/C10H10N4O2/c11-10(15)8-1-2-9(14-13-8)12-5-7-3-4-16-6-7/h1-4,6H,5H2,(H2,11,15)(H,12,14). The number of anilines is 1. The van der Waals surface area contributed by atoms with Crippen LogP contribution in [0.25, 0.3) is 0 Å². The molecule has 82 valence electrons. The number of primary amides is 1. The molecule has 0 saturated carbocycles. The number of furan rings is 1. The van der Waals surface area contributed by atoms with Gasteiger partial charge in [0.25, 0.3) is 5.91 Å². The number of hydrogen-bond acceptors (Lipinski definition) is 5. The molecule has 0 saturated heterocycles. The molecule has 2 heterocycles. The maximum absolute atomic E-state index is 10.7. The summed E-state index contributed by atoms with van der Waals surface area (Å²) in [6, 6.07) is 5.01. The number of nitrogens with zero attached hydrogens (tertiary/aromatic N) is 2. The van der Waals surface area contributed by atoms with Crippen molar-refractivity contribution in [3.8, 4) is 0 Å². The quantitative estimate of drug-likeness (QED) is 0.790. The molecule has 0 fully saturated rings. The second-order valence-electron chi connectivity index (χ2n) is 3.15. The summed E-state index contributed by atoms with van der Waals surface area (Å²) < 4.78 is 4.92. The van der Waals surface area contributed by atoms with E-state index in [1.54, 1.807) is 18.6 Å². The SMILES string of the molecule is NC(=O)c1ccc(NCc2ccoc2)nn1. The van der Waals surface area contributed by atoms with Crippen LogP contribution in [0.4, 0.5) is 5.82 Å². The molecule has 6 nitrogen and oxygen atoms in total. The summed E-state index contributed by atoms with van der Waals surface area (Å²) >= 11 is 0. The second-order valence-corrected chi connectivity index (χ2v) is 3.15. The number of carbonyl (C=O) groups is 1. The number of rotatable bonds is 4. The fourth-order valence-electron chi connectivity index (χ4n) is 1.14. The Balaban J connectivity index is 1.98. The van der Waals surface area contributed by atoms with E-state index in [2.05, 4.69) is 15.5 Å². The lowest BCUT2D eigenvalue weighted by molar-refractivity contribution is 0.0994. The largest absolute Gasteiger partial charge is 0.472 e. The molecule has 0 aromatic carbocycles. The minimum atomic E-state index is -0.589. The van der Waals surface area contributed by atoms with Crippen LogP contribution in [-0.2, 0) is 6.54 Å². The van der Waals surface area contributed by atoms with Crippen LogP contribution >= 0.6 is 0 Å². The average Bonchev–Trinajstić information content (AvgIpc) is 2.80. The molecule has 16 heavy (non-hydrogen) atoms. The molecule has 0 bridgehead atoms. The molecule has 3 N–H and O–H groups in total. The van der Waals surface area contributed by atoms with Gasteiger partial charge in [0.15, 0.2) is 5.69 Å². The predicted octanol–water partition coefficient (Wildman–Crippen LogP) is 0.781. The third-order valence-electron chi connectivity index (χ3n) is 1.97. The monoisotopic (exact) mass is 218 g/mol. The highest BCUT2D eigenvalue weighted by Crippen LogP contribution is 2.05. The number of amides is 1. The summed E-state index contributed by atoms with van der Waals surface area (Å²) in [5.41, 5.74) is 6.19. The summed E-state index contributed by atoms with van der Waals surface area (Å²) in [5.74, 6) is -0.0138. The van der Waals surface area contributed by atoms with Crippen molar-refractivity contribution < 1.29 is 9.21 Å². The molecule has 2 rings (SSSR count). The van der Waals surface area contributed by atoms with Crippen molar-refractivity contribution in [2.45, 2.75) is 6.54 Å². The van der Waals surface area contributed by atoms with Crippen molar-refractivity contribution >= 4 is 11.7 Å². The van der Waals surface area contributed by atoms with Gasteiger partial charge in [-0.1, -0.05) is 0 Å². The first-order valence-electron chi connectivity index (χ1n) is 4.64. The van der Waals surface area contributed by atoms with Gasteiger partial charge in [0.2, 0.25) is 0 Å². The summed E-state index contributed by atoms with van der Waals surface area (Å²) in [6.07, 6.45) is 3.23. The number of aromatic nitrogens is 2. The Kier molecular flexibility index (Phi) is 2.81. The maximum Gasteiger partial charge on any atom is 0.269 e. The number of nitrogens with one attached hydrogen (secondary N) is 1. The van der Waals surface area contributed by atoms with E-state index in [0.717, 1.165) is 5.56 Å². The lowest BCUT2D eigenvalue weighted by Gasteiger charge is -2.02. The predicted molar refractivity (Wildman–Crippen MR) is 56.6 cm³/mol. The molecule has 0 atom stereocenters. The van der Waals surface area contributed by atoms with Gasteiger partial charge in [0.1, 0.15) is 5.82 Å². The zero-order valence-corrected chi connectivity index (χ0v) is 8.38. The fraction of sp³-hybridized carbons (Fsp3) is 0.100. The van der Waals surface area contributed by atoms with E-state index in [1.165, 1.54) is 6.07 Å². The third-order valence-corrected chi connectivity index (χ3v) is 1.97. The second kappa shape index (κ2) is 4.43. The maximum atomic E-state index is 10.7. The summed E-state index contributed by atoms with van der Waals surface area (Å²) in [5, 5.41) is 10.5. The van der Waals surface area contributed by atoms with Crippen molar-refractivity contribution in [3.05, 3.63) is 42.0 Å². The third kappa shape index (κ3) is 2.35. The number of nitrogens with two attached hydrogens (primary N) is 1. The normalized spacial score (nSPS) is 10.0. The van der Waals surface area contributed by atoms with E-state index in [1.807, 2.05) is 6.07 Å². The van der Waals surface area contributed by atoms with Crippen LogP contribution in [0, 0.1) is 0 Å². The smallest absolute Gasteiger partial charge is 0.269 e. The first-order chi connectivity index (χ1) is 7.75. The highest BCUT2D eigenvalue weighted by atomic mass is 16.3. The van der Waals surface area contributed by atoms with Crippen molar-refractivity contribution in [1.29, 1.82) is 0 Å². The van der Waals surface area contributed by atoms with Gasteiger partial charge in [-0.05, 0) is 18.2 Å². The molecular weight excluding hydrogens is 208 g/mol. The van der Waals surface area contributed by atoms with Gasteiger partial charge in [-0.3, -0.25) is 4.79 Å². The average molecular weight is 218 g/mol. The molecule has 6 heteroatoms. The van der Waals surface area contributed by atoms with E-state index < -0.39 is 5.91 Å². The van der Waals surface area contributed by atoms with E-state index in [0.29, 0.717) is 12.4 Å². The van der Waals surface area contributed by atoms with Crippen LogP contribution in [0.3, 0.4) is 0 Å². The van der Waals surface area contributed by atoms with Gasteiger partial charge in [-0.2, -0.15) is 0 Å². The van der Waals surface area contributed by atoms with Gasteiger partial charge in [-0.25, -0.2) is 0 Å².